The highest BCUT2D eigenvalue weighted by Gasteiger charge is 2.55. The minimum absolute atomic E-state index is 0.0333. The van der Waals surface area contributed by atoms with E-state index in [2.05, 4.69) is 22.3 Å². The van der Waals surface area contributed by atoms with Gasteiger partial charge in [0.1, 0.15) is 11.6 Å². The predicted octanol–water partition coefficient (Wildman–Crippen LogP) is 5.88. The van der Waals surface area contributed by atoms with Crippen LogP contribution in [0, 0.1) is 24.6 Å². The molecule has 3 atom stereocenters. The number of hydrogen-bond donors (Lipinski definition) is 2. The number of aryl methyl sites for hydroxylation is 1. The molecule has 2 aliphatic carbocycles. The summed E-state index contributed by atoms with van der Waals surface area (Å²) in [6.45, 7) is 3.81. The van der Waals surface area contributed by atoms with Gasteiger partial charge in [0.15, 0.2) is 5.78 Å². The number of aliphatic hydroxyl groups is 1. The van der Waals surface area contributed by atoms with E-state index in [-0.39, 0.29) is 23.4 Å². The second kappa shape index (κ2) is 8.76. The number of H-pyrrole nitrogens is 1. The van der Waals surface area contributed by atoms with Crippen molar-refractivity contribution in [2.24, 2.45) is 11.8 Å². The maximum Gasteiger partial charge on any atom is 0.165 e. The molecule has 2 heterocycles. The summed E-state index contributed by atoms with van der Waals surface area (Å²) in [5.41, 5.74) is 6.33. The average Bonchev–Trinajstić information content (AvgIpc) is 3.46. The Hall–Kier alpha value is -4.13. The molecule has 0 radical (unpaired) electrons. The zero-order valence-electron chi connectivity index (χ0n) is 20.7. The SMILES string of the molecule is Cc1nc(-c2ccc(-c3ccn[nH]3)cc2)c2c(n1)[C@@]1(c3ccc(F)cc3)C/C(=C/O)C(=O)[C@@H](C)[C@@H]1CC2. The van der Waals surface area contributed by atoms with Gasteiger partial charge < -0.3 is 5.11 Å². The van der Waals surface area contributed by atoms with Crippen LogP contribution in [0.15, 0.2) is 72.6 Å². The third kappa shape index (κ3) is 3.60. The van der Waals surface area contributed by atoms with Gasteiger partial charge >= 0.3 is 0 Å². The number of aromatic nitrogens is 4. The fourth-order valence-corrected chi connectivity index (χ4v) is 6.45. The maximum atomic E-state index is 14.0. The first kappa shape index (κ1) is 23.3. The number of carbonyl (C=O) groups is 1. The van der Waals surface area contributed by atoms with Crippen molar-refractivity contribution in [2.45, 2.75) is 38.5 Å². The Morgan fingerprint density at radius 2 is 1.78 bits per heavy atom. The summed E-state index contributed by atoms with van der Waals surface area (Å²) in [5.74, 6) is -0.0615. The summed E-state index contributed by atoms with van der Waals surface area (Å²) in [6, 6.07) is 16.6. The molecule has 0 amide bonds. The molecule has 37 heavy (non-hydrogen) atoms. The zero-order valence-corrected chi connectivity index (χ0v) is 20.7. The van der Waals surface area contributed by atoms with Gasteiger partial charge in [-0.05, 0) is 61.4 Å². The van der Waals surface area contributed by atoms with Gasteiger partial charge in [0.05, 0.1) is 23.3 Å². The summed E-state index contributed by atoms with van der Waals surface area (Å²) in [6.07, 6.45) is 4.48. The molecule has 2 N–H and O–H groups in total. The van der Waals surface area contributed by atoms with E-state index in [0.717, 1.165) is 58.4 Å². The monoisotopic (exact) mass is 494 g/mol. The van der Waals surface area contributed by atoms with Gasteiger partial charge in [0.2, 0.25) is 0 Å². The number of aromatic amines is 1. The smallest absolute Gasteiger partial charge is 0.165 e. The van der Waals surface area contributed by atoms with Crippen molar-refractivity contribution in [1.29, 1.82) is 0 Å². The molecule has 0 aliphatic heterocycles. The Labute approximate surface area is 214 Å². The van der Waals surface area contributed by atoms with Gasteiger partial charge in [-0.1, -0.05) is 43.3 Å². The number of aliphatic hydroxyl groups excluding tert-OH is 1. The van der Waals surface area contributed by atoms with Crippen molar-refractivity contribution >= 4 is 5.78 Å². The molecule has 6 rings (SSSR count). The van der Waals surface area contributed by atoms with Crippen LogP contribution in [0.3, 0.4) is 0 Å². The number of carbonyl (C=O) groups excluding carboxylic acids is 1. The molecule has 2 aromatic carbocycles. The normalized spacial score (nSPS) is 24.1. The standard InChI is InChI=1S/C30H27FN4O2/c1-17-25-12-11-24-27(20-5-3-19(4-6-20)26-13-14-32-35-26)33-18(2)34-29(24)30(25,15-21(16-36)28(17)37)22-7-9-23(31)10-8-22/h3-10,13-14,16-17,25,36H,11-12,15H2,1-2H3,(H,32,35)/b21-16-/t17-,25-,30+/m0/s1. The topological polar surface area (TPSA) is 91.8 Å². The van der Waals surface area contributed by atoms with E-state index in [1.807, 2.05) is 32.0 Å². The first-order chi connectivity index (χ1) is 17.9. The minimum Gasteiger partial charge on any atom is -0.515 e. The number of allylic oxidation sites excluding steroid dienone is 1. The van der Waals surface area contributed by atoms with Crippen LogP contribution in [-0.4, -0.2) is 31.1 Å². The van der Waals surface area contributed by atoms with Crippen molar-refractivity contribution in [3.8, 4) is 22.5 Å². The van der Waals surface area contributed by atoms with Crippen LogP contribution in [0.2, 0.25) is 0 Å². The molecule has 7 heteroatoms. The van der Waals surface area contributed by atoms with Gasteiger partial charge in [0, 0.05) is 34.2 Å². The number of hydrogen-bond acceptors (Lipinski definition) is 5. The van der Waals surface area contributed by atoms with E-state index >= 15 is 0 Å². The number of rotatable bonds is 3. The molecule has 2 aliphatic rings. The van der Waals surface area contributed by atoms with Crippen LogP contribution in [0.4, 0.5) is 4.39 Å². The molecule has 0 spiro atoms. The van der Waals surface area contributed by atoms with E-state index in [1.165, 1.54) is 12.1 Å². The predicted molar refractivity (Wildman–Crippen MR) is 138 cm³/mol. The van der Waals surface area contributed by atoms with Gasteiger partial charge in [-0.15, -0.1) is 0 Å². The van der Waals surface area contributed by atoms with E-state index in [0.29, 0.717) is 17.8 Å². The molecule has 4 aromatic rings. The highest BCUT2D eigenvalue weighted by Crippen LogP contribution is 2.56. The van der Waals surface area contributed by atoms with Gasteiger partial charge in [-0.25, -0.2) is 14.4 Å². The van der Waals surface area contributed by atoms with Crippen molar-refractivity contribution in [2.75, 3.05) is 0 Å². The van der Waals surface area contributed by atoms with Crippen molar-refractivity contribution in [3.05, 3.63) is 101 Å². The van der Waals surface area contributed by atoms with E-state index < -0.39 is 5.41 Å². The quantitative estimate of drug-likeness (QED) is 0.274. The van der Waals surface area contributed by atoms with Gasteiger partial charge in [-0.2, -0.15) is 5.10 Å². The molecule has 0 unspecified atom stereocenters. The summed E-state index contributed by atoms with van der Waals surface area (Å²) >= 11 is 0. The van der Waals surface area contributed by atoms with Crippen LogP contribution < -0.4 is 0 Å². The maximum absolute atomic E-state index is 14.0. The molecule has 6 nitrogen and oxygen atoms in total. The largest absolute Gasteiger partial charge is 0.515 e. The number of halogens is 1. The van der Waals surface area contributed by atoms with Crippen LogP contribution >= 0.6 is 0 Å². The lowest BCUT2D eigenvalue weighted by Gasteiger charge is -2.51. The molecular weight excluding hydrogens is 467 g/mol. The highest BCUT2D eigenvalue weighted by molar-refractivity contribution is 5.98. The van der Waals surface area contributed by atoms with E-state index in [4.69, 9.17) is 9.97 Å². The van der Waals surface area contributed by atoms with Crippen molar-refractivity contribution < 1.29 is 14.3 Å². The first-order valence-corrected chi connectivity index (χ1v) is 12.5. The summed E-state index contributed by atoms with van der Waals surface area (Å²) in [4.78, 5) is 23.0. The molecule has 0 bridgehead atoms. The molecule has 186 valence electrons. The number of nitrogens with one attached hydrogen (secondary N) is 1. The number of ketones is 1. The number of benzene rings is 2. The Bertz CT molecular complexity index is 1510. The van der Waals surface area contributed by atoms with Gasteiger partial charge in [-0.3, -0.25) is 9.89 Å². The Morgan fingerprint density at radius 3 is 2.46 bits per heavy atom. The molecular formula is C30H27FN4O2. The number of fused-ring (bicyclic) bond motifs is 3. The lowest BCUT2D eigenvalue weighted by molar-refractivity contribution is -0.123. The fourth-order valence-electron chi connectivity index (χ4n) is 6.45. The first-order valence-electron chi connectivity index (χ1n) is 12.5. The third-order valence-corrected chi connectivity index (χ3v) is 8.17. The molecule has 0 saturated heterocycles. The average molecular weight is 495 g/mol. The Kier molecular flexibility index (Phi) is 5.51. The second-order valence-corrected chi connectivity index (χ2v) is 10.1. The Balaban J connectivity index is 1.57. The Morgan fingerprint density at radius 1 is 1.05 bits per heavy atom. The summed E-state index contributed by atoms with van der Waals surface area (Å²) in [7, 11) is 0. The van der Waals surface area contributed by atoms with Crippen molar-refractivity contribution in [1.82, 2.24) is 20.2 Å². The summed E-state index contributed by atoms with van der Waals surface area (Å²) < 4.78 is 14.0. The van der Waals surface area contributed by atoms with Crippen LogP contribution in [-0.2, 0) is 16.6 Å². The fraction of sp³-hybridized carbons (Fsp3) is 0.267. The number of nitrogens with zero attached hydrogens (tertiary/aromatic N) is 3. The minimum atomic E-state index is -0.679. The molecule has 2 aromatic heterocycles. The lowest BCUT2D eigenvalue weighted by atomic mass is 9.52. The molecule has 1 fully saturated rings. The number of Topliss-reactive ketones (excluding diaryl/α,β-unsaturated/α-hetero) is 1. The van der Waals surface area contributed by atoms with Gasteiger partial charge in [0.25, 0.3) is 0 Å². The van der Waals surface area contributed by atoms with Crippen LogP contribution in [0.25, 0.3) is 22.5 Å². The zero-order chi connectivity index (χ0) is 25.7. The van der Waals surface area contributed by atoms with E-state index in [1.54, 1.807) is 18.3 Å². The lowest BCUT2D eigenvalue weighted by Crippen LogP contribution is -2.51. The third-order valence-electron chi connectivity index (χ3n) is 8.17. The molecule has 1 saturated carbocycles. The van der Waals surface area contributed by atoms with Crippen molar-refractivity contribution in [3.63, 3.8) is 0 Å². The summed E-state index contributed by atoms with van der Waals surface area (Å²) in [5, 5.41) is 17.1. The highest BCUT2D eigenvalue weighted by atomic mass is 19.1. The van der Waals surface area contributed by atoms with Crippen LogP contribution in [0.5, 0.6) is 0 Å². The second-order valence-electron chi connectivity index (χ2n) is 10.1. The van der Waals surface area contributed by atoms with Crippen LogP contribution in [0.1, 0.15) is 42.4 Å². The van der Waals surface area contributed by atoms with E-state index in [9.17, 15) is 14.3 Å².